The molecule has 1 aromatic rings. The van der Waals surface area contributed by atoms with Gasteiger partial charge in [-0.05, 0) is 19.4 Å². The monoisotopic (exact) mass is 412 g/mol. The fourth-order valence-corrected chi connectivity index (χ4v) is 4.04. The molecular weight excluding hydrogens is 384 g/mol. The highest BCUT2D eigenvalue weighted by atomic mass is 16.5. The molecule has 1 aliphatic carbocycles. The Morgan fingerprint density at radius 1 is 0.800 bits per heavy atom. The van der Waals surface area contributed by atoms with Gasteiger partial charge in [-0.2, -0.15) is 0 Å². The highest BCUT2D eigenvalue weighted by molar-refractivity contribution is 6.38. The molecule has 0 saturated carbocycles. The van der Waals surface area contributed by atoms with E-state index in [4.69, 9.17) is 14.2 Å². The topological polar surface area (TPSA) is 68.3 Å². The smallest absolute Gasteiger partial charge is 0.246 e. The second-order valence-electron chi connectivity index (χ2n) is 7.79. The summed E-state index contributed by atoms with van der Waals surface area (Å²) in [5, 5.41) is 0. The van der Waals surface area contributed by atoms with E-state index in [0.29, 0.717) is 69.6 Å². The second-order valence-corrected chi connectivity index (χ2v) is 7.79. The van der Waals surface area contributed by atoms with E-state index in [1.165, 1.54) is 0 Å². The third kappa shape index (κ3) is 4.00. The SMILES string of the molecule is CC(C)OC1=C(N2CCOCC2)C(=O)C(c2ccccc2)=C(N2CCOCC2)C1=O. The summed E-state index contributed by atoms with van der Waals surface area (Å²) >= 11 is 0. The standard InChI is InChI=1S/C23H28N2O5/c1-16(2)30-23-20(25-10-14-29-15-11-25)21(26)18(17-6-4-3-5-7-17)19(22(23)27)24-8-12-28-13-9-24/h3-7,16H,8-15H2,1-2H3. The Bertz CT molecular complexity index is 863. The molecule has 4 rings (SSSR count). The summed E-state index contributed by atoms with van der Waals surface area (Å²) in [6.07, 6.45) is -0.225. The van der Waals surface area contributed by atoms with E-state index < -0.39 is 0 Å². The molecule has 2 heterocycles. The van der Waals surface area contributed by atoms with Gasteiger partial charge in [-0.15, -0.1) is 0 Å². The Kier molecular flexibility index (Phi) is 6.20. The zero-order valence-corrected chi connectivity index (χ0v) is 17.6. The van der Waals surface area contributed by atoms with Crippen LogP contribution < -0.4 is 0 Å². The number of carbonyl (C=O) groups excluding carboxylic acids is 2. The van der Waals surface area contributed by atoms with Crippen molar-refractivity contribution in [3.63, 3.8) is 0 Å². The number of carbonyl (C=O) groups is 2. The first-order chi connectivity index (χ1) is 14.6. The van der Waals surface area contributed by atoms with Crippen molar-refractivity contribution in [3.05, 3.63) is 53.0 Å². The first kappa shape index (κ1) is 20.6. The third-order valence-corrected chi connectivity index (χ3v) is 5.39. The summed E-state index contributed by atoms with van der Waals surface area (Å²) in [6, 6.07) is 9.43. The van der Waals surface area contributed by atoms with E-state index in [9.17, 15) is 9.59 Å². The Morgan fingerprint density at radius 3 is 1.87 bits per heavy atom. The van der Waals surface area contributed by atoms with Crippen LogP contribution in [-0.2, 0) is 23.8 Å². The molecule has 7 nitrogen and oxygen atoms in total. The Hall–Kier alpha value is -2.64. The molecule has 2 aliphatic heterocycles. The van der Waals surface area contributed by atoms with Crippen molar-refractivity contribution in [2.75, 3.05) is 52.6 Å². The van der Waals surface area contributed by atoms with Crippen LogP contribution in [0.3, 0.4) is 0 Å². The maximum absolute atomic E-state index is 13.9. The number of Topliss-reactive ketones (excluding diaryl/α,β-unsaturated/α-hetero) is 2. The van der Waals surface area contributed by atoms with Crippen LogP contribution in [0.2, 0.25) is 0 Å². The number of ketones is 2. The number of hydrogen-bond donors (Lipinski definition) is 0. The van der Waals surface area contributed by atoms with Crippen molar-refractivity contribution in [2.45, 2.75) is 20.0 Å². The van der Waals surface area contributed by atoms with Crippen molar-refractivity contribution in [1.82, 2.24) is 9.80 Å². The molecule has 0 aromatic heterocycles. The van der Waals surface area contributed by atoms with Crippen LogP contribution >= 0.6 is 0 Å². The predicted molar refractivity (Wildman–Crippen MR) is 111 cm³/mol. The van der Waals surface area contributed by atoms with Crippen molar-refractivity contribution < 1.29 is 23.8 Å². The molecule has 0 bridgehead atoms. The molecule has 0 spiro atoms. The number of nitrogens with zero attached hydrogens (tertiary/aromatic N) is 2. The van der Waals surface area contributed by atoms with Gasteiger partial charge >= 0.3 is 0 Å². The first-order valence-corrected chi connectivity index (χ1v) is 10.5. The van der Waals surface area contributed by atoms with Crippen LogP contribution in [0.4, 0.5) is 0 Å². The lowest BCUT2D eigenvalue weighted by Crippen LogP contribution is -2.46. The maximum Gasteiger partial charge on any atom is 0.246 e. The Labute approximate surface area is 176 Å². The first-order valence-electron chi connectivity index (χ1n) is 10.5. The molecule has 0 amide bonds. The fraction of sp³-hybridized carbons (Fsp3) is 0.478. The molecule has 2 saturated heterocycles. The summed E-state index contributed by atoms with van der Waals surface area (Å²) in [5.74, 6) is -0.247. The molecule has 0 N–H and O–H groups in total. The van der Waals surface area contributed by atoms with Gasteiger partial charge in [0.25, 0.3) is 0 Å². The number of hydrogen-bond acceptors (Lipinski definition) is 7. The molecule has 2 fully saturated rings. The molecule has 30 heavy (non-hydrogen) atoms. The summed E-state index contributed by atoms with van der Waals surface area (Å²) in [4.78, 5) is 31.6. The van der Waals surface area contributed by atoms with Crippen molar-refractivity contribution in [3.8, 4) is 0 Å². The molecule has 0 radical (unpaired) electrons. The van der Waals surface area contributed by atoms with Gasteiger partial charge in [0, 0.05) is 26.2 Å². The van der Waals surface area contributed by atoms with E-state index in [-0.39, 0.29) is 23.4 Å². The lowest BCUT2D eigenvalue weighted by Gasteiger charge is -2.38. The largest absolute Gasteiger partial charge is 0.485 e. The number of allylic oxidation sites excluding steroid dienone is 1. The van der Waals surface area contributed by atoms with Gasteiger partial charge in [0.15, 0.2) is 5.76 Å². The Morgan fingerprint density at radius 2 is 1.33 bits per heavy atom. The minimum Gasteiger partial charge on any atom is -0.485 e. The van der Waals surface area contributed by atoms with Gasteiger partial charge in [0.1, 0.15) is 11.4 Å². The second kappa shape index (κ2) is 9.02. The van der Waals surface area contributed by atoms with Gasteiger partial charge < -0.3 is 24.0 Å². The highest BCUT2D eigenvalue weighted by Crippen LogP contribution is 2.36. The zero-order valence-electron chi connectivity index (χ0n) is 17.6. The van der Waals surface area contributed by atoms with E-state index in [0.717, 1.165) is 5.56 Å². The van der Waals surface area contributed by atoms with Gasteiger partial charge in [-0.3, -0.25) is 9.59 Å². The molecule has 7 heteroatoms. The molecule has 0 atom stereocenters. The molecule has 3 aliphatic rings. The minimum atomic E-state index is -0.231. The van der Waals surface area contributed by atoms with E-state index in [2.05, 4.69) is 0 Å². The van der Waals surface area contributed by atoms with Crippen LogP contribution in [0.15, 0.2) is 47.5 Å². The van der Waals surface area contributed by atoms with E-state index >= 15 is 0 Å². The minimum absolute atomic E-state index is 0.151. The average Bonchev–Trinajstić information content (AvgIpc) is 2.77. The van der Waals surface area contributed by atoms with Crippen molar-refractivity contribution >= 4 is 17.1 Å². The summed E-state index contributed by atoms with van der Waals surface area (Å²) in [5.41, 5.74) is 1.96. The fourth-order valence-electron chi connectivity index (χ4n) is 4.04. The van der Waals surface area contributed by atoms with Gasteiger partial charge in [0.05, 0.1) is 38.1 Å². The normalized spacial score (nSPS) is 21.0. The van der Waals surface area contributed by atoms with Crippen LogP contribution in [-0.4, -0.2) is 80.1 Å². The van der Waals surface area contributed by atoms with Crippen LogP contribution in [0.5, 0.6) is 0 Å². The summed E-state index contributed by atoms with van der Waals surface area (Å²) < 4.78 is 16.9. The lowest BCUT2D eigenvalue weighted by molar-refractivity contribution is -0.122. The number of ether oxygens (including phenoxy) is 3. The highest BCUT2D eigenvalue weighted by Gasteiger charge is 2.42. The van der Waals surface area contributed by atoms with Crippen molar-refractivity contribution in [2.24, 2.45) is 0 Å². The summed E-state index contributed by atoms with van der Waals surface area (Å²) in [7, 11) is 0. The molecule has 160 valence electrons. The van der Waals surface area contributed by atoms with Gasteiger partial charge in [-0.25, -0.2) is 0 Å². The molecule has 0 unspecified atom stereocenters. The maximum atomic E-state index is 13.9. The van der Waals surface area contributed by atoms with E-state index in [1.807, 2.05) is 54.0 Å². The van der Waals surface area contributed by atoms with Crippen LogP contribution in [0, 0.1) is 0 Å². The quantitative estimate of drug-likeness (QED) is 0.684. The van der Waals surface area contributed by atoms with Crippen molar-refractivity contribution in [1.29, 1.82) is 0 Å². The lowest BCUT2D eigenvalue weighted by atomic mass is 9.88. The molecule has 1 aromatic carbocycles. The Balaban J connectivity index is 1.86. The third-order valence-electron chi connectivity index (χ3n) is 5.39. The predicted octanol–water partition coefficient (Wildman–Crippen LogP) is 1.85. The molecular formula is C23H28N2O5. The average molecular weight is 412 g/mol. The van der Waals surface area contributed by atoms with Crippen LogP contribution in [0.25, 0.3) is 5.57 Å². The zero-order chi connectivity index (χ0) is 21.1. The van der Waals surface area contributed by atoms with E-state index in [1.54, 1.807) is 0 Å². The number of benzene rings is 1. The number of rotatable bonds is 5. The van der Waals surface area contributed by atoms with Gasteiger partial charge in [-0.1, -0.05) is 30.3 Å². The van der Waals surface area contributed by atoms with Gasteiger partial charge in [0.2, 0.25) is 11.6 Å². The number of morpholine rings is 2. The van der Waals surface area contributed by atoms with Crippen LogP contribution in [0.1, 0.15) is 19.4 Å². The summed E-state index contributed by atoms with van der Waals surface area (Å²) in [6.45, 7) is 8.03.